The van der Waals surface area contributed by atoms with Gasteiger partial charge in [0.25, 0.3) is 0 Å². The van der Waals surface area contributed by atoms with Crippen molar-refractivity contribution < 1.29 is 93.6 Å². The molecule has 0 aromatic heterocycles. The van der Waals surface area contributed by atoms with E-state index in [0.29, 0.717) is 23.7 Å². The number of Topliss-reactive ketones (excluding diaryl/α,β-unsaturated/α-hetero) is 2. The maximum absolute atomic E-state index is 12.9. The van der Waals surface area contributed by atoms with Crippen molar-refractivity contribution in [3.8, 4) is 0 Å². The van der Waals surface area contributed by atoms with E-state index in [2.05, 4.69) is 13.8 Å². The van der Waals surface area contributed by atoms with E-state index in [1.807, 2.05) is 0 Å². The Kier molecular flexibility index (Phi) is 12.5. The van der Waals surface area contributed by atoms with Gasteiger partial charge in [-0.05, 0) is 86.4 Å². The van der Waals surface area contributed by atoms with Crippen molar-refractivity contribution in [2.24, 2.45) is 40.4 Å². The third-order valence-corrected chi connectivity index (χ3v) is 9.38. The van der Waals surface area contributed by atoms with Crippen LogP contribution in [0.25, 0.3) is 0 Å². The Morgan fingerprint density at radius 3 is 2.06 bits per heavy atom. The number of aliphatic hydroxyl groups is 1. The van der Waals surface area contributed by atoms with Crippen molar-refractivity contribution in [1.82, 2.24) is 0 Å². The molecule has 0 aromatic carbocycles. The van der Waals surface area contributed by atoms with Gasteiger partial charge in [0.05, 0.1) is 0 Å². The molecule has 0 bridgehead atoms. The molecule has 1 unspecified atom stereocenters. The molecule has 4 saturated carbocycles. The van der Waals surface area contributed by atoms with Crippen LogP contribution in [-0.2, 0) is 19.2 Å². The minimum Gasteiger partial charge on any atom is -0.550 e. The van der Waals surface area contributed by atoms with Crippen molar-refractivity contribution >= 4 is 23.5 Å². The zero-order chi connectivity index (χ0) is 23.7. The largest absolute Gasteiger partial charge is 1.00 e. The average molecular weight is 495 g/mol. The number of carboxylic acids is 2. The Bertz CT molecular complexity index is 758. The average Bonchev–Trinajstić information content (AvgIpc) is 2.93. The van der Waals surface area contributed by atoms with Crippen molar-refractivity contribution in [2.45, 2.75) is 84.5 Å². The monoisotopic (exact) mass is 494 g/mol. The molecule has 180 valence electrons. The standard InChI is InChI=1S/C21H32O3.C4H6O4.2Na/c1-20-10-4-3-5-13(20)6-7-14-15(20)8-11-21(2)16(9-12-22)18(23)19(24)17(14)21;5-3(6)1-2-4(7)8;;/h13-17,22H,3-12H2,1-2H3;1-2H2,(H,5,6)(H,7,8);;/q;;2*+1/p-2/t13?,14-,15+,16+,17-,20+,21-;;;/m1.../s1. The third-order valence-electron chi connectivity index (χ3n) is 9.38. The first kappa shape index (κ1) is 32.3. The predicted molar refractivity (Wildman–Crippen MR) is 112 cm³/mol. The van der Waals surface area contributed by atoms with Crippen LogP contribution in [0.1, 0.15) is 84.5 Å². The molecular weight excluding hydrogens is 458 g/mol. The molecule has 34 heavy (non-hydrogen) atoms. The zero-order valence-corrected chi connectivity index (χ0v) is 25.3. The number of rotatable bonds is 5. The molecule has 4 aliphatic carbocycles. The summed E-state index contributed by atoms with van der Waals surface area (Å²) in [6, 6.07) is 0. The van der Waals surface area contributed by atoms with E-state index in [-0.39, 0.29) is 94.5 Å². The van der Waals surface area contributed by atoms with Gasteiger partial charge in [-0.3, -0.25) is 9.59 Å². The fourth-order valence-corrected chi connectivity index (χ4v) is 7.83. The molecule has 4 aliphatic rings. The van der Waals surface area contributed by atoms with Crippen molar-refractivity contribution in [1.29, 1.82) is 0 Å². The molecule has 0 amide bonds. The maximum Gasteiger partial charge on any atom is 1.00 e. The van der Waals surface area contributed by atoms with Gasteiger partial charge in [-0.25, -0.2) is 0 Å². The second-order valence-electron chi connectivity index (χ2n) is 10.9. The van der Waals surface area contributed by atoms with Crippen LogP contribution in [0.4, 0.5) is 0 Å². The second kappa shape index (κ2) is 13.2. The smallest absolute Gasteiger partial charge is 0.550 e. The Balaban J connectivity index is 0.000000505. The number of fused-ring (bicyclic) bond motifs is 5. The number of aliphatic carboxylic acids is 2. The van der Waals surface area contributed by atoms with E-state index in [1.165, 1.54) is 38.5 Å². The molecule has 0 aromatic rings. The van der Waals surface area contributed by atoms with Gasteiger partial charge in [-0.1, -0.05) is 26.7 Å². The Morgan fingerprint density at radius 1 is 0.882 bits per heavy atom. The third kappa shape index (κ3) is 6.20. The van der Waals surface area contributed by atoms with Crippen LogP contribution in [0.2, 0.25) is 0 Å². The normalized spacial score (nSPS) is 38.0. The first-order valence-corrected chi connectivity index (χ1v) is 12.1. The molecule has 0 aliphatic heterocycles. The quantitative estimate of drug-likeness (QED) is 0.299. The Hall–Kier alpha value is 0.240. The van der Waals surface area contributed by atoms with Crippen molar-refractivity contribution in [3.05, 3.63) is 0 Å². The minimum absolute atomic E-state index is 0. The predicted octanol–water partition coefficient (Wildman–Crippen LogP) is -4.95. The van der Waals surface area contributed by atoms with Crippen LogP contribution in [0.5, 0.6) is 0 Å². The number of hydrogen-bond acceptors (Lipinski definition) is 7. The molecule has 0 radical (unpaired) electrons. The van der Waals surface area contributed by atoms with E-state index in [9.17, 15) is 34.5 Å². The van der Waals surface area contributed by atoms with Crippen LogP contribution in [0.15, 0.2) is 0 Å². The molecule has 0 saturated heterocycles. The summed E-state index contributed by atoms with van der Waals surface area (Å²) < 4.78 is 0. The minimum atomic E-state index is -1.37. The molecule has 1 N–H and O–H groups in total. The van der Waals surface area contributed by atoms with Crippen molar-refractivity contribution in [3.63, 3.8) is 0 Å². The molecule has 4 fully saturated rings. The molecule has 7 nitrogen and oxygen atoms in total. The molecular formula is C25H36Na2O7. The molecule has 4 rings (SSSR count). The summed E-state index contributed by atoms with van der Waals surface area (Å²) in [5.74, 6) is -1.45. The second-order valence-corrected chi connectivity index (χ2v) is 10.9. The van der Waals surface area contributed by atoms with Gasteiger partial charge in [0.1, 0.15) is 0 Å². The summed E-state index contributed by atoms with van der Waals surface area (Å²) in [4.78, 5) is 44.6. The van der Waals surface area contributed by atoms with Crippen LogP contribution in [0, 0.1) is 40.4 Å². The van der Waals surface area contributed by atoms with E-state index in [4.69, 9.17) is 0 Å². The van der Waals surface area contributed by atoms with Gasteiger partial charge in [-0.15, -0.1) is 0 Å². The maximum atomic E-state index is 12.9. The van der Waals surface area contributed by atoms with Crippen molar-refractivity contribution in [2.75, 3.05) is 6.61 Å². The molecule has 7 atom stereocenters. The van der Waals surface area contributed by atoms with Gasteiger partial charge in [-0.2, -0.15) is 0 Å². The zero-order valence-electron chi connectivity index (χ0n) is 21.3. The van der Waals surface area contributed by atoms with Gasteiger partial charge < -0.3 is 24.9 Å². The molecule has 0 heterocycles. The van der Waals surface area contributed by atoms with Crippen LogP contribution in [0.3, 0.4) is 0 Å². The summed E-state index contributed by atoms with van der Waals surface area (Å²) in [5, 5.41) is 28.4. The first-order chi connectivity index (χ1) is 15.1. The summed E-state index contributed by atoms with van der Waals surface area (Å²) in [6.07, 6.45) is 9.45. The topological polar surface area (TPSA) is 135 Å². The summed E-state index contributed by atoms with van der Waals surface area (Å²) in [7, 11) is 0. The van der Waals surface area contributed by atoms with Gasteiger partial charge in [0, 0.05) is 30.4 Å². The van der Waals surface area contributed by atoms with E-state index < -0.39 is 24.8 Å². The number of hydrogen-bond donors (Lipinski definition) is 1. The van der Waals surface area contributed by atoms with E-state index >= 15 is 0 Å². The first-order valence-electron chi connectivity index (χ1n) is 12.1. The van der Waals surface area contributed by atoms with Crippen LogP contribution < -0.4 is 69.3 Å². The van der Waals surface area contributed by atoms with Gasteiger partial charge in [0.2, 0.25) is 11.6 Å². The van der Waals surface area contributed by atoms with E-state index in [1.54, 1.807) is 0 Å². The number of aliphatic hydroxyl groups excluding tert-OH is 1. The fraction of sp³-hybridized carbons (Fsp3) is 0.840. The SMILES string of the molecule is C[C@]12CC[C@H]3[C@@H](CCC4CCCC[C@@]43C)[C@@H]1C(=O)C(=O)[C@@H]2CCO.O=C([O-])CCC(=O)[O-].[Na+].[Na+]. The summed E-state index contributed by atoms with van der Waals surface area (Å²) in [5.41, 5.74) is 0.191. The van der Waals surface area contributed by atoms with Gasteiger partial charge >= 0.3 is 59.1 Å². The summed E-state index contributed by atoms with van der Waals surface area (Å²) in [6.45, 7) is 4.68. The Labute approximate surface area is 246 Å². The van der Waals surface area contributed by atoms with Crippen LogP contribution in [-0.4, -0.2) is 35.2 Å². The molecule has 0 spiro atoms. The van der Waals surface area contributed by atoms with Gasteiger partial charge in [0.15, 0.2) is 0 Å². The van der Waals surface area contributed by atoms with E-state index in [0.717, 1.165) is 18.8 Å². The number of carbonyl (C=O) groups is 4. The summed E-state index contributed by atoms with van der Waals surface area (Å²) >= 11 is 0. The number of ketones is 2. The fourth-order valence-electron chi connectivity index (χ4n) is 7.83. The number of carbonyl (C=O) groups excluding carboxylic acids is 4. The van der Waals surface area contributed by atoms with Crippen LogP contribution >= 0.6 is 0 Å². The Morgan fingerprint density at radius 2 is 1.50 bits per heavy atom. The molecule has 9 heteroatoms. The number of carboxylic acid groups (broad SMARTS) is 2.